The van der Waals surface area contributed by atoms with Crippen molar-refractivity contribution in [3.63, 3.8) is 0 Å². The van der Waals surface area contributed by atoms with Gasteiger partial charge in [0.05, 0.1) is 0 Å². The number of hydrogen-bond donors (Lipinski definition) is 1. The Labute approximate surface area is 102 Å². The van der Waals surface area contributed by atoms with Crippen LogP contribution in [0.2, 0.25) is 0 Å². The molecule has 2 nitrogen and oxygen atoms in total. The monoisotopic (exact) mass is 226 g/mol. The first-order valence-electron chi connectivity index (χ1n) is 7.29. The van der Waals surface area contributed by atoms with E-state index in [0.29, 0.717) is 0 Å². The highest BCUT2D eigenvalue weighted by Crippen LogP contribution is 2.16. The molecule has 1 aliphatic rings. The van der Waals surface area contributed by atoms with E-state index < -0.39 is 0 Å². The first-order chi connectivity index (χ1) is 7.86. The van der Waals surface area contributed by atoms with Crippen molar-refractivity contribution in [3.05, 3.63) is 0 Å². The Hall–Kier alpha value is -0.0800. The Kier molecular flexibility index (Phi) is 7.87. The number of rotatable bonds is 8. The van der Waals surface area contributed by atoms with Gasteiger partial charge in [0, 0.05) is 0 Å². The molecule has 1 atom stereocenters. The molecule has 1 unspecified atom stereocenters. The van der Waals surface area contributed by atoms with E-state index >= 15 is 0 Å². The first kappa shape index (κ1) is 14.0. The van der Waals surface area contributed by atoms with Gasteiger partial charge in [-0.05, 0) is 77.2 Å². The fraction of sp³-hybridized carbons (Fsp3) is 1.00. The van der Waals surface area contributed by atoms with E-state index in [1.54, 1.807) is 0 Å². The van der Waals surface area contributed by atoms with Crippen molar-refractivity contribution in [1.29, 1.82) is 0 Å². The van der Waals surface area contributed by atoms with Crippen LogP contribution in [0.5, 0.6) is 0 Å². The molecule has 0 aromatic carbocycles. The molecule has 0 radical (unpaired) electrons. The third kappa shape index (κ3) is 5.86. The molecule has 0 spiro atoms. The molecular formula is C14H30N2. The van der Waals surface area contributed by atoms with Crippen molar-refractivity contribution in [3.8, 4) is 0 Å². The van der Waals surface area contributed by atoms with Gasteiger partial charge in [-0.2, -0.15) is 0 Å². The van der Waals surface area contributed by atoms with Gasteiger partial charge in [-0.25, -0.2) is 0 Å². The van der Waals surface area contributed by atoms with Crippen LogP contribution < -0.4 is 5.32 Å². The quantitative estimate of drug-likeness (QED) is 0.684. The zero-order chi connectivity index (χ0) is 11.6. The van der Waals surface area contributed by atoms with Crippen LogP contribution in [-0.4, -0.2) is 37.6 Å². The molecule has 0 bridgehead atoms. The van der Waals surface area contributed by atoms with Crippen molar-refractivity contribution in [2.24, 2.45) is 5.92 Å². The number of hydrogen-bond acceptors (Lipinski definition) is 2. The average Bonchev–Trinajstić information content (AvgIpc) is 2.31. The zero-order valence-electron chi connectivity index (χ0n) is 11.3. The molecule has 1 aliphatic heterocycles. The van der Waals surface area contributed by atoms with Crippen molar-refractivity contribution in [1.82, 2.24) is 10.2 Å². The second-order valence-electron chi connectivity index (χ2n) is 5.20. The Balaban J connectivity index is 2.06. The molecule has 2 heteroatoms. The largest absolute Gasteiger partial charge is 0.316 e. The van der Waals surface area contributed by atoms with Gasteiger partial charge < -0.3 is 10.2 Å². The van der Waals surface area contributed by atoms with Gasteiger partial charge in [0.1, 0.15) is 0 Å². The Morgan fingerprint density at radius 3 is 2.44 bits per heavy atom. The highest BCUT2D eigenvalue weighted by molar-refractivity contribution is 4.69. The molecule has 1 saturated heterocycles. The number of nitrogens with zero attached hydrogens (tertiary/aromatic N) is 1. The van der Waals surface area contributed by atoms with Gasteiger partial charge >= 0.3 is 0 Å². The summed E-state index contributed by atoms with van der Waals surface area (Å²) in [5.74, 6) is 0.957. The summed E-state index contributed by atoms with van der Waals surface area (Å²) in [6.07, 6.45) is 8.26. The zero-order valence-corrected chi connectivity index (χ0v) is 11.3. The first-order valence-corrected chi connectivity index (χ1v) is 7.29. The molecule has 0 amide bonds. The van der Waals surface area contributed by atoms with E-state index in [0.717, 1.165) is 5.92 Å². The lowest BCUT2D eigenvalue weighted by Crippen LogP contribution is -2.31. The SMILES string of the molecule is CCCN(CCC)CCCC1CCCNC1. The van der Waals surface area contributed by atoms with E-state index in [1.165, 1.54) is 71.2 Å². The van der Waals surface area contributed by atoms with Crippen molar-refractivity contribution >= 4 is 0 Å². The van der Waals surface area contributed by atoms with Crippen molar-refractivity contribution in [2.45, 2.75) is 52.4 Å². The van der Waals surface area contributed by atoms with Crippen LogP contribution in [0.25, 0.3) is 0 Å². The van der Waals surface area contributed by atoms with Crippen LogP contribution in [0.15, 0.2) is 0 Å². The summed E-state index contributed by atoms with van der Waals surface area (Å²) in [7, 11) is 0. The smallest absolute Gasteiger partial charge is 0.00186 e. The molecule has 1 fully saturated rings. The fourth-order valence-corrected chi connectivity index (χ4v) is 2.74. The molecular weight excluding hydrogens is 196 g/mol. The van der Waals surface area contributed by atoms with Gasteiger partial charge in [-0.3, -0.25) is 0 Å². The van der Waals surface area contributed by atoms with Crippen molar-refractivity contribution in [2.75, 3.05) is 32.7 Å². The highest BCUT2D eigenvalue weighted by atomic mass is 15.1. The standard InChI is InChI=1S/C14H30N2/c1-3-10-16(11-4-2)12-6-8-14-7-5-9-15-13-14/h14-15H,3-13H2,1-2H3. The van der Waals surface area contributed by atoms with Crippen molar-refractivity contribution < 1.29 is 0 Å². The topological polar surface area (TPSA) is 15.3 Å². The summed E-state index contributed by atoms with van der Waals surface area (Å²) in [5.41, 5.74) is 0. The van der Waals surface area contributed by atoms with E-state index in [9.17, 15) is 0 Å². The van der Waals surface area contributed by atoms with Gasteiger partial charge in [0.2, 0.25) is 0 Å². The summed E-state index contributed by atoms with van der Waals surface area (Å²) in [4.78, 5) is 2.64. The Morgan fingerprint density at radius 1 is 1.12 bits per heavy atom. The summed E-state index contributed by atoms with van der Waals surface area (Å²) >= 11 is 0. The number of nitrogens with one attached hydrogen (secondary N) is 1. The third-order valence-electron chi connectivity index (χ3n) is 3.57. The molecule has 96 valence electrons. The second kappa shape index (κ2) is 9.00. The predicted molar refractivity (Wildman–Crippen MR) is 71.8 cm³/mol. The minimum Gasteiger partial charge on any atom is -0.316 e. The molecule has 0 saturated carbocycles. The maximum atomic E-state index is 3.51. The molecule has 0 aromatic rings. The molecule has 1 heterocycles. The summed E-state index contributed by atoms with van der Waals surface area (Å²) < 4.78 is 0. The van der Waals surface area contributed by atoms with Crippen LogP contribution in [-0.2, 0) is 0 Å². The third-order valence-corrected chi connectivity index (χ3v) is 3.57. The van der Waals surface area contributed by atoms with Gasteiger partial charge in [0.15, 0.2) is 0 Å². The van der Waals surface area contributed by atoms with E-state index in [-0.39, 0.29) is 0 Å². The maximum absolute atomic E-state index is 3.51. The summed E-state index contributed by atoms with van der Waals surface area (Å²) in [5, 5.41) is 3.51. The minimum absolute atomic E-state index is 0.957. The number of piperidine rings is 1. The Morgan fingerprint density at radius 2 is 1.88 bits per heavy atom. The highest BCUT2D eigenvalue weighted by Gasteiger charge is 2.12. The van der Waals surface area contributed by atoms with E-state index in [2.05, 4.69) is 24.1 Å². The van der Waals surface area contributed by atoms with Crippen LogP contribution in [0.4, 0.5) is 0 Å². The molecule has 1 rings (SSSR count). The lowest BCUT2D eigenvalue weighted by Gasteiger charge is -2.25. The second-order valence-corrected chi connectivity index (χ2v) is 5.20. The minimum atomic E-state index is 0.957. The normalized spacial score (nSPS) is 21.6. The molecule has 0 aromatic heterocycles. The maximum Gasteiger partial charge on any atom is -0.00186 e. The van der Waals surface area contributed by atoms with Crippen LogP contribution in [0.1, 0.15) is 52.4 Å². The van der Waals surface area contributed by atoms with Gasteiger partial charge in [-0.15, -0.1) is 0 Å². The summed E-state index contributed by atoms with van der Waals surface area (Å²) in [6, 6.07) is 0. The van der Waals surface area contributed by atoms with Gasteiger partial charge in [-0.1, -0.05) is 13.8 Å². The molecule has 0 aliphatic carbocycles. The van der Waals surface area contributed by atoms with Crippen LogP contribution in [0.3, 0.4) is 0 Å². The fourth-order valence-electron chi connectivity index (χ4n) is 2.74. The van der Waals surface area contributed by atoms with Crippen LogP contribution >= 0.6 is 0 Å². The predicted octanol–water partition coefficient (Wildman–Crippen LogP) is 2.89. The lowest BCUT2D eigenvalue weighted by molar-refractivity contribution is 0.253. The summed E-state index contributed by atoms with van der Waals surface area (Å²) in [6.45, 7) is 11.0. The molecule has 1 N–H and O–H groups in total. The molecule has 16 heavy (non-hydrogen) atoms. The lowest BCUT2D eigenvalue weighted by atomic mass is 9.94. The average molecular weight is 226 g/mol. The van der Waals surface area contributed by atoms with Crippen LogP contribution in [0, 0.1) is 5.92 Å². The van der Waals surface area contributed by atoms with Gasteiger partial charge in [0.25, 0.3) is 0 Å². The Bertz CT molecular complexity index is 147. The van der Waals surface area contributed by atoms with E-state index in [4.69, 9.17) is 0 Å². The van der Waals surface area contributed by atoms with E-state index in [1.807, 2.05) is 0 Å².